The van der Waals surface area contributed by atoms with Crippen molar-refractivity contribution in [3.8, 4) is 0 Å². The van der Waals surface area contributed by atoms with Crippen LogP contribution in [-0.4, -0.2) is 30.9 Å². The maximum atomic E-state index is 12.3. The second-order valence-electron chi connectivity index (χ2n) is 6.16. The molecule has 146 valence electrons. The number of benzene rings is 2. The van der Waals surface area contributed by atoms with Crippen LogP contribution in [0.25, 0.3) is 0 Å². The lowest BCUT2D eigenvalue weighted by atomic mass is 10.1. The van der Waals surface area contributed by atoms with Crippen LogP contribution in [0.15, 0.2) is 42.5 Å². The van der Waals surface area contributed by atoms with E-state index in [1.165, 1.54) is 4.90 Å². The molecule has 0 saturated carbocycles. The van der Waals surface area contributed by atoms with Crippen molar-refractivity contribution in [2.24, 2.45) is 5.92 Å². The lowest BCUT2D eigenvalue weighted by Gasteiger charge is -2.18. The molecule has 1 aliphatic rings. The number of ether oxygens (including phenoxy) is 1. The first-order chi connectivity index (χ1) is 13.3. The summed E-state index contributed by atoms with van der Waals surface area (Å²) < 4.78 is 5.06. The van der Waals surface area contributed by atoms with Gasteiger partial charge < -0.3 is 15.0 Å². The van der Waals surface area contributed by atoms with Crippen molar-refractivity contribution in [1.29, 1.82) is 0 Å². The number of nitrogens with zero attached hydrogens (tertiary/aromatic N) is 1. The molecule has 1 saturated heterocycles. The van der Waals surface area contributed by atoms with Crippen LogP contribution >= 0.6 is 34.8 Å². The molecule has 0 bridgehead atoms. The molecule has 2 aromatic carbocycles. The van der Waals surface area contributed by atoms with Crippen molar-refractivity contribution in [1.82, 2.24) is 0 Å². The number of hydrogen-bond donors (Lipinski definition) is 1. The molecule has 0 spiro atoms. The van der Waals surface area contributed by atoms with Gasteiger partial charge in [0.05, 0.1) is 16.6 Å². The highest BCUT2D eigenvalue weighted by molar-refractivity contribution is 6.36. The van der Waals surface area contributed by atoms with Gasteiger partial charge in [0.1, 0.15) is 0 Å². The lowest BCUT2D eigenvalue weighted by Crippen LogP contribution is -2.28. The van der Waals surface area contributed by atoms with Gasteiger partial charge in [0, 0.05) is 28.7 Å². The molecule has 1 atom stereocenters. The van der Waals surface area contributed by atoms with E-state index in [2.05, 4.69) is 5.32 Å². The van der Waals surface area contributed by atoms with Gasteiger partial charge in [0.15, 0.2) is 6.61 Å². The fourth-order valence-corrected chi connectivity index (χ4v) is 3.29. The fourth-order valence-electron chi connectivity index (χ4n) is 2.78. The Morgan fingerprint density at radius 3 is 2.46 bits per heavy atom. The van der Waals surface area contributed by atoms with E-state index in [-0.39, 0.29) is 18.9 Å². The number of hydrogen-bond acceptors (Lipinski definition) is 4. The van der Waals surface area contributed by atoms with E-state index >= 15 is 0 Å². The van der Waals surface area contributed by atoms with Gasteiger partial charge in [0.2, 0.25) is 5.91 Å². The standard InChI is InChI=1S/C19H15Cl3N2O4/c20-12-1-4-14(5-2-12)23-17(25)10-28-19(27)11-7-18(26)24(9-11)16-8-13(21)3-6-15(16)22/h1-6,8,11H,7,9-10H2,(H,23,25)/t11-/m0/s1. The van der Waals surface area contributed by atoms with Crippen LogP contribution in [0.2, 0.25) is 15.1 Å². The summed E-state index contributed by atoms with van der Waals surface area (Å²) in [6.45, 7) is -0.347. The highest BCUT2D eigenvalue weighted by atomic mass is 35.5. The fraction of sp³-hybridized carbons (Fsp3) is 0.211. The van der Waals surface area contributed by atoms with Crippen molar-refractivity contribution in [2.45, 2.75) is 6.42 Å². The number of halogens is 3. The largest absolute Gasteiger partial charge is 0.455 e. The van der Waals surface area contributed by atoms with Crippen LogP contribution in [0.5, 0.6) is 0 Å². The number of nitrogens with one attached hydrogen (secondary N) is 1. The van der Waals surface area contributed by atoms with Crippen LogP contribution in [0.4, 0.5) is 11.4 Å². The first-order valence-corrected chi connectivity index (χ1v) is 9.44. The zero-order chi connectivity index (χ0) is 20.3. The van der Waals surface area contributed by atoms with Crippen molar-refractivity contribution in [2.75, 3.05) is 23.4 Å². The van der Waals surface area contributed by atoms with E-state index in [0.717, 1.165) is 0 Å². The Labute approximate surface area is 176 Å². The second-order valence-corrected chi connectivity index (χ2v) is 7.44. The van der Waals surface area contributed by atoms with Gasteiger partial charge in [-0.1, -0.05) is 34.8 Å². The third-order valence-corrected chi connectivity index (χ3v) is 4.94. The third kappa shape index (κ3) is 4.95. The molecule has 28 heavy (non-hydrogen) atoms. The monoisotopic (exact) mass is 440 g/mol. The van der Waals surface area contributed by atoms with Gasteiger partial charge >= 0.3 is 5.97 Å². The first kappa shape index (κ1) is 20.5. The minimum atomic E-state index is -0.689. The lowest BCUT2D eigenvalue weighted by molar-refractivity contribution is -0.151. The average Bonchev–Trinajstić information content (AvgIpc) is 3.05. The van der Waals surface area contributed by atoms with E-state index in [0.29, 0.717) is 26.4 Å². The summed E-state index contributed by atoms with van der Waals surface area (Å²) in [7, 11) is 0. The van der Waals surface area contributed by atoms with Gasteiger partial charge in [-0.2, -0.15) is 0 Å². The highest BCUT2D eigenvalue weighted by Crippen LogP contribution is 2.33. The summed E-state index contributed by atoms with van der Waals surface area (Å²) in [5, 5.41) is 3.91. The summed E-state index contributed by atoms with van der Waals surface area (Å²) in [5.74, 6) is -2.07. The van der Waals surface area contributed by atoms with E-state index in [1.54, 1.807) is 42.5 Å². The molecule has 0 aromatic heterocycles. The number of carbonyl (C=O) groups is 3. The number of amides is 2. The maximum Gasteiger partial charge on any atom is 0.311 e. The predicted octanol–water partition coefficient (Wildman–Crippen LogP) is 4.18. The molecular weight excluding hydrogens is 427 g/mol. The quantitative estimate of drug-likeness (QED) is 0.706. The van der Waals surface area contributed by atoms with Gasteiger partial charge in [-0.05, 0) is 42.5 Å². The molecule has 6 nitrogen and oxygen atoms in total. The third-order valence-electron chi connectivity index (χ3n) is 4.13. The van der Waals surface area contributed by atoms with Gasteiger partial charge in [-0.15, -0.1) is 0 Å². The molecule has 1 heterocycles. The maximum absolute atomic E-state index is 12.3. The Balaban J connectivity index is 1.55. The molecular formula is C19H15Cl3N2O4. The summed E-state index contributed by atoms with van der Waals surface area (Å²) in [5.41, 5.74) is 0.971. The van der Waals surface area contributed by atoms with Gasteiger partial charge in [-0.3, -0.25) is 14.4 Å². The van der Waals surface area contributed by atoms with E-state index in [4.69, 9.17) is 39.5 Å². The molecule has 1 fully saturated rings. The molecule has 1 N–H and O–H groups in total. The molecule has 1 aliphatic heterocycles. The number of anilines is 2. The molecule has 9 heteroatoms. The average molecular weight is 442 g/mol. The van der Waals surface area contributed by atoms with Crippen molar-refractivity contribution in [3.63, 3.8) is 0 Å². The van der Waals surface area contributed by atoms with Crippen molar-refractivity contribution < 1.29 is 19.1 Å². The summed E-state index contributed by atoms with van der Waals surface area (Å²) in [6.07, 6.45) is -0.0273. The van der Waals surface area contributed by atoms with Gasteiger partial charge in [-0.25, -0.2) is 0 Å². The summed E-state index contributed by atoms with van der Waals surface area (Å²) >= 11 is 17.9. The zero-order valence-corrected chi connectivity index (χ0v) is 16.7. The molecule has 0 unspecified atom stereocenters. The normalized spacial score (nSPS) is 16.2. The Bertz CT molecular complexity index is 918. The van der Waals surface area contributed by atoms with Gasteiger partial charge in [0.25, 0.3) is 5.91 Å². The number of esters is 1. The number of rotatable bonds is 5. The van der Waals surface area contributed by atoms with E-state index in [9.17, 15) is 14.4 Å². The van der Waals surface area contributed by atoms with Crippen LogP contribution < -0.4 is 10.2 Å². The minimum Gasteiger partial charge on any atom is -0.455 e. The topological polar surface area (TPSA) is 75.7 Å². The van der Waals surface area contributed by atoms with E-state index < -0.39 is 24.4 Å². The molecule has 0 radical (unpaired) electrons. The minimum absolute atomic E-state index is 0.0273. The molecule has 2 amide bonds. The predicted molar refractivity (Wildman–Crippen MR) is 108 cm³/mol. The Hall–Kier alpha value is -2.28. The van der Waals surface area contributed by atoms with Crippen molar-refractivity contribution in [3.05, 3.63) is 57.5 Å². The van der Waals surface area contributed by atoms with Crippen LogP contribution in [0.3, 0.4) is 0 Å². The van der Waals surface area contributed by atoms with Crippen LogP contribution in [0, 0.1) is 5.92 Å². The van der Waals surface area contributed by atoms with Crippen LogP contribution in [-0.2, 0) is 19.1 Å². The molecule has 2 aromatic rings. The SMILES string of the molecule is O=C(COC(=O)[C@H]1CC(=O)N(c2cc(Cl)ccc2Cl)C1)Nc1ccc(Cl)cc1. The Morgan fingerprint density at radius 2 is 1.75 bits per heavy atom. The summed E-state index contributed by atoms with van der Waals surface area (Å²) in [4.78, 5) is 37.9. The van der Waals surface area contributed by atoms with Crippen LogP contribution in [0.1, 0.15) is 6.42 Å². The second kappa shape index (κ2) is 8.82. The van der Waals surface area contributed by atoms with E-state index in [1.807, 2.05) is 0 Å². The Kier molecular flexibility index (Phi) is 6.44. The molecule has 0 aliphatic carbocycles. The Morgan fingerprint density at radius 1 is 1.07 bits per heavy atom. The zero-order valence-electron chi connectivity index (χ0n) is 14.5. The number of carbonyl (C=O) groups excluding carboxylic acids is 3. The molecule has 3 rings (SSSR count). The smallest absolute Gasteiger partial charge is 0.311 e. The van der Waals surface area contributed by atoms with Crippen molar-refractivity contribution >= 4 is 64.0 Å². The first-order valence-electron chi connectivity index (χ1n) is 8.31. The summed E-state index contributed by atoms with van der Waals surface area (Å²) in [6, 6.07) is 11.3. The highest BCUT2D eigenvalue weighted by Gasteiger charge is 2.37.